The lowest BCUT2D eigenvalue weighted by molar-refractivity contribution is -0.161. The topological polar surface area (TPSA) is 72.8 Å². The molecule has 0 aromatic heterocycles. The van der Waals surface area contributed by atoms with Crippen molar-refractivity contribution in [3.63, 3.8) is 0 Å². The molecule has 0 aliphatic rings. The van der Waals surface area contributed by atoms with Crippen molar-refractivity contribution in [1.82, 2.24) is 0 Å². The molecule has 0 rings (SSSR count). The van der Waals surface area contributed by atoms with Gasteiger partial charge in [0.25, 0.3) is 0 Å². The van der Waals surface area contributed by atoms with Gasteiger partial charge in [0.1, 0.15) is 6.61 Å². The highest BCUT2D eigenvalue weighted by Gasteiger charge is 2.16. The quantitative estimate of drug-likeness (QED) is 0.0384. The van der Waals surface area contributed by atoms with Crippen molar-refractivity contribution in [2.75, 3.05) is 13.2 Å². The Labute approximate surface area is 323 Å². The summed E-state index contributed by atoms with van der Waals surface area (Å²) in [5, 5.41) is 9.59. The standard InChI is InChI=1S/C47H88O5/c1-3-5-7-9-11-13-15-17-19-21-23-25-27-29-31-33-35-37-39-41-46(49)51-44-45(43-48)52-47(50)42-40-38-36-34-32-30-28-26-24-22-20-18-16-14-12-10-8-6-4-2/h11,13,17,19,45,48H,3-10,12,14-16,18,20-44H2,1-2H3/b13-11+,19-17+/t45-/m0/s1. The van der Waals surface area contributed by atoms with E-state index in [-0.39, 0.29) is 25.2 Å². The summed E-state index contributed by atoms with van der Waals surface area (Å²) in [6.07, 6.45) is 52.5. The van der Waals surface area contributed by atoms with Gasteiger partial charge >= 0.3 is 11.9 Å². The zero-order valence-electron chi connectivity index (χ0n) is 34.8. The number of ether oxygens (including phenoxy) is 2. The van der Waals surface area contributed by atoms with Gasteiger partial charge in [-0.2, -0.15) is 0 Å². The minimum atomic E-state index is -0.768. The van der Waals surface area contributed by atoms with Gasteiger partial charge in [-0.25, -0.2) is 0 Å². The molecule has 0 bridgehead atoms. The van der Waals surface area contributed by atoms with Crippen LogP contribution in [0.2, 0.25) is 0 Å². The number of rotatable bonds is 42. The van der Waals surface area contributed by atoms with Gasteiger partial charge in [0.05, 0.1) is 6.61 Å². The van der Waals surface area contributed by atoms with Crippen molar-refractivity contribution in [3.05, 3.63) is 24.3 Å². The molecule has 0 fully saturated rings. The first-order valence-electron chi connectivity index (χ1n) is 22.9. The van der Waals surface area contributed by atoms with Gasteiger partial charge in [0.15, 0.2) is 6.10 Å². The van der Waals surface area contributed by atoms with Gasteiger partial charge in [0.2, 0.25) is 0 Å². The number of hydrogen-bond acceptors (Lipinski definition) is 5. The van der Waals surface area contributed by atoms with E-state index in [0.717, 1.165) is 44.9 Å². The molecule has 0 heterocycles. The van der Waals surface area contributed by atoms with E-state index >= 15 is 0 Å². The number of esters is 2. The number of unbranched alkanes of at least 4 members (excludes halogenated alkanes) is 30. The van der Waals surface area contributed by atoms with Crippen molar-refractivity contribution in [2.24, 2.45) is 0 Å². The highest BCUT2D eigenvalue weighted by Crippen LogP contribution is 2.16. The van der Waals surface area contributed by atoms with Gasteiger partial charge < -0.3 is 14.6 Å². The molecule has 0 aliphatic heterocycles. The predicted octanol–water partition coefficient (Wildman–Crippen LogP) is 14.6. The second kappa shape index (κ2) is 43.8. The molecule has 1 atom stereocenters. The van der Waals surface area contributed by atoms with E-state index < -0.39 is 6.10 Å². The third-order valence-corrected chi connectivity index (χ3v) is 10.2. The van der Waals surface area contributed by atoms with Crippen LogP contribution in [0.4, 0.5) is 0 Å². The summed E-state index contributed by atoms with van der Waals surface area (Å²) < 4.78 is 10.7. The Hall–Kier alpha value is -1.62. The molecule has 0 aromatic carbocycles. The Morgan fingerprint density at radius 1 is 0.442 bits per heavy atom. The smallest absolute Gasteiger partial charge is 0.306 e. The number of carbonyl (C=O) groups excluding carboxylic acids is 2. The molecule has 52 heavy (non-hydrogen) atoms. The fourth-order valence-corrected chi connectivity index (χ4v) is 6.76. The summed E-state index contributed by atoms with van der Waals surface area (Å²) in [5.74, 6) is -0.583. The Balaban J connectivity index is 3.49. The molecule has 306 valence electrons. The van der Waals surface area contributed by atoms with Gasteiger partial charge in [-0.05, 0) is 44.9 Å². The molecule has 5 heteroatoms. The molecule has 0 unspecified atom stereocenters. The number of allylic oxidation sites excluding steroid dienone is 4. The minimum absolute atomic E-state index is 0.0633. The first kappa shape index (κ1) is 50.4. The second-order valence-corrected chi connectivity index (χ2v) is 15.5. The molecular formula is C47H88O5. The van der Waals surface area contributed by atoms with Crippen LogP contribution >= 0.6 is 0 Å². The van der Waals surface area contributed by atoms with Crippen LogP contribution in [0.25, 0.3) is 0 Å². The van der Waals surface area contributed by atoms with E-state index in [1.165, 1.54) is 173 Å². The van der Waals surface area contributed by atoms with Crippen molar-refractivity contribution in [1.29, 1.82) is 0 Å². The predicted molar refractivity (Wildman–Crippen MR) is 224 cm³/mol. The summed E-state index contributed by atoms with van der Waals surface area (Å²) in [7, 11) is 0. The maximum absolute atomic E-state index is 12.2. The SMILES string of the molecule is CCCCC/C=C/C/C=C/CCCCCCCCCCCC(=O)OC[C@H](CO)OC(=O)CCCCCCCCCCCCCCCCCCCCC. The molecular weight excluding hydrogens is 645 g/mol. The van der Waals surface area contributed by atoms with Crippen LogP contribution < -0.4 is 0 Å². The van der Waals surface area contributed by atoms with Gasteiger partial charge in [-0.1, -0.05) is 212 Å². The first-order chi connectivity index (χ1) is 25.6. The maximum atomic E-state index is 12.2. The highest BCUT2D eigenvalue weighted by atomic mass is 16.6. The van der Waals surface area contributed by atoms with Gasteiger partial charge in [-0.3, -0.25) is 9.59 Å². The number of aliphatic hydroxyl groups excluding tert-OH is 1. The lowest BCUT2D eigenvalue weighted by atomic mass is 10.0. The fraction of sp³-hybridized carbons (Fsp3) is 0.872. The molecule has 0 spiro atoms. The van der Waals surface area contributed by atoms with Crippen LogP contribution in [0.3, 0.4) is 0 Å². The maximum Gasteiger partial charge on any atom is 0.306 e. The number of carbonyl (C=O) groups is 2. The molecule has 0 saturated carbocycles. The van der Waals surface area contributed by atoms with Crippen LogP contribution in [0.5, 0.6) is 0 Å². The Kier molecular flexibility index (Phi) is 42.4. The van der Waals surface area contributed by atoms with Gasteiger partial charge in [-0.15, -0.1) is 0 Å². The monoisotopic (exact) mass is 733 g/mol. The third-order valence-electron chi connectivity index (χ3n) is 10.2. The van der Waals surface area contributed by atoms with Crippen molar-refractivity contribution in [3.8, 4) is 0 Å². The number of aliphatic hydroxyl groups is 1. The summed E-state index contributed by atoms with van der Waals surface area (Å²) in [5.41, 5.74) is 0. The summed E-state index contributed by atoms with van der Waals surface area (Å²) in [4.78, 5) is 24.4. The molecule has 5 nitrogen and oxygen atoms in total. The van der Waals surface area contributed by atoms with Gasteiger partial charge in [0, 0.05) is 12.8 Å². The third kappa shape index (κ3) is 41.1. The summed E-state index contributed by atoms with van der Waals surface area (Å²) in [6.45, 7) is 4.14. The van der Waals surface area contributed by atoms with E-state index in [2.05, 4.69) is 38.2 Å². The van der Waals surface area contributed by atoms with E-state index in [0.29, 0.717) is 12.8 Å². The number of hydrogen-bond donors (Lipinski definition) is 1. The van der Waals surface area contributed by atoms with E-state index in [4.69, 9.17) is 9.47 Å². The average Bonchev–Trinajstić information content (AvgIpc) is 3.15. The summed E-state index contributed by atoms with van der Waals surface area (Å²) >= 11 is 0. The van der Waals surface area contributed by atoms with E-state index in [1.54, 1.807) is 0 Å². The summed E-state index contributed by atoms with van der Waals surface area (Å²) in [6, 6.07) is 0. The zero-order valence-corrected chi connectivity index (χ0v) is 34.8. The Bertz CT molecular complexity index is 791. The Morgan fingerprint density at radius 3 is 1.17 bits per heavy atom. The molecule has 0 radical (unpaired) electrons. The fourth-order valence-electron chi connectivity index (χ4n) is 6.76. The highest BCUT2D eigenvalue weighted by molar-refractivity contribution is 5.70. The molecule has 0 aromatic rings. The van der Waals surface area contributed by atoms with Crippen molar-refractivity contribution >= 4 is 11.9 Å². The normalized spacial score (nSPS) is 12.3. The van der Waals surface area contributed by atoms with E-state index in [1.807, 2.05) is 0 Å². The van der Waals surface area contributed by atoms with Crippen LogP contribution in [-0.4, -0.2) is 36.4 Å². The molecule has 1 N–H and O–H groups in total. The largest absolute Gasteiger partial charge is 0.462 e. The van der Waals surface area contributed by atoms with Crippen LogP contribution in [0.1, 0.15) is 245 Å². The minimum Gasteiger partial charge on any atom is -0.462 e. The molecule has 0 saturated heterocycles. The van der Waals surface area contributed by atoms with Crippen LogP contribution in [0.15, 0.2) is 24.3 Å². The van der Waals surface area contributed by atoms with Crippen LogP contribution in [0, 0.1) is 0 Å². The van der Waals surface area contributed by atoms with Crippen molar-refractivity contribution < 1.29 is 24.2 Å². The average molecular weight is 733 g/mol. The lowest BCUT2D eigenvalue weighted by Crippen LogP contribution is -2.28. The van der Waals surface area contributed by atoms with Crippen molar-refractivity contribution in [2.45, 2.75) is 251 Å². The zero-order chi connectivity index (χ0) is 37.8. The molecule has 0 aliphatic carbocycles. The lowest BCUT2D eigenvalue weighted by Gasteiger charge is -2.15. The van der Waals surface area contributed by atoms with Crippen LogP contribution in [-0.2, 0) is 19.1 Å². The van der Waals surface area contributed by atoms with E-state index in [9.17, 15) is 14.7 Å². The second-order valence-electron chi connectivity index (χ2n) is 15.5. The molecule has 0 amide bonds. The Morgan fingerprint density at radius 2 is 0.769 bits per heavy atom. The first-order valence-corrected chi connectivity index (χ1v) is 22.9.